The molecule has 0 heterocycles. The summed E-state index contributed by atoms with van der Waals surface area (Å²) in [7, 11) is 0. The third-order valence-corrected chi connectivity index (χ3v) is 3.34. The monoisotopic (exact) mass is 326 g/mol. The van der Waals surface area contributed by atoms with Gasteiger partial charge in [0, 0.05) is 5.02 Å². The summed E-state index contributed by atoms with van der Waals surface area (Å²) in [5.74, 6) is 0.992. The molecule has 0 aliphatic carbocycles. The summed E-state index contributed by atoms with van der Waals surface area (Å²) in [6, 6.07) is 10.8. The van der Waals surface area contributed by atoms with Crippen molar-refractivity contribution in [3.05, 3.63) is 57.6 Å². The van der Waals surface area contributed by atoms with Crippen molar-refractivity contribution in [1.29, 1.82) is 0 Å². The summed E-state index contributed by atoms with van der Waals surface area (Å²) in [5, 5.41) is 10.3. The Labute approximate surface area is 134 Å². The Kier molecular flexibility index (Phi) is 5.74. The van der Waals surface area contributed by atoms with E-state index in [2.05, 4.69) is 0 Å². The van der Waals surface area contributed by atoms with Crippen LogP contribution in [-0.2, 0) is 13.2 Å². The van der Waals surface area contributed by atoms with E-state index in [0.717, 1.165) is 5.56 Å². The van der Waals surface area contributed by atoms with E-state index in [1.165, 1.54) is 0 Å². The predicted molar refractivity (Wildman–Crippen MR) is 84.3 cm³/mol. The Morgan fingerprint density at radius 3 is 2.52 bits per heavy atom. The van der Waals surface area contributed by atoms with Crippen LogP contribution in [-0.4, -0.2) is 11.7 Å². The van der Waals surface area contributed by atoms with E-state index in [1.807, 2.05) is 25.1 Å². The van der Waals surface area contributed by atoms with Gasteiger partial charge < -0.3 is 14.6 Å². The molecule has 0 unspecified atom stereocenters. The molecule has 0 saturated heterocycles. The second-order valence-corrected chi connectivity index (χ2v) is 5.26. The van der Waals surface area contributed by atoms with Crippen LogP contribution in [0.15, 0.2) is 36.4 Å². The standard InChI is InChI=1S/C16H16Cl2O3/c1-2-20-15-8-12(9-19)7-14(18)16(15)21-10-11-4-3-5-13(17)6-11/h3-8,19H,2,9-10H2,1H3. The fourth-order valence-electron chi connectivity index (χ4n) is 1.90. The van der Waals surface area contributed by atoms with Gasteiger partial charge in [-0.3, -0.25) is 0 Å². The molecule has 2 aromatic rings. The first-order valence-corrected chi connectivity index (χ1v) is 7.33. The SMILES string of the molecule is CCOc1cc(CO)cc(Cl)c1OCc1cccc(Cl)c1. The molecule has 21 heavy (non-hydrogen) atoms. The maximum absolute atomic E-state index is 9.21. The van der Waals surface area contributed by atoms with E-state index in [4.69, 9.17) is 32.7 Å². The van der Waals surface area contributed by atoms with Crippen molar-refractivity contribution in [2.75, 3.05) is 6.61 Å². The van der Waals surface area contributed by atoms with Crippen LogP contribution in [0.3, 0.4) is 0 Å². The van der Waals surface area contributed by atoms with Gasteiger partial charge in [-0.05, 0) is 42.3 Å². The predicted octanol–water partition coefficient (Wildman–Crippen LogP) is 4.46. The van der Waals surface area contributed by atoms with Gasteiger partial charge in [-0.2, -0.15) is 0 Å². The Hall–Kier alpha value is -1.42. The van der Waals surface area contributed by atoms with Crippen molar-refractivity contribution in [2.45, 2.75) is 20.1 Å². The summed E-state index contributed by atoms with van der Waals surface area (Å²) in [4.78, 5) is 0. The fourth-order valence-corrected chi connectivity index (χ4v) is 2.40. The summed E-state index contributed by atoms with van der Waals surface area (Å²) < 4.78 is 11.3. The van der Waals surface area contributed by atoms with Gasteiger partial charge in [-0.1, -0.05) is 35.3 Å². The van der Waals surface area contributed by atoms with Crippen molar-refractivity contribution >= 4 is 23.2 Å². The van der Waals surface area contributed by atoms with Crippen LogP contribution in [0.2, 0.25) is 10.0 Å². The molecule has 0 aliphatic heterocycles. The zero-order valence-electron chi connectivity index (χ0n) is 11.6. The van der Waals surface area contributed by atoms with Gasteiger partial charge in [0.2, 0.25) is 0 Å². The molecule has 0 saturated carbocycles. The molecular weight excluding hydrogens is 311 g/mol. The molecule has 112 valence electrons. The minimum atomic E-state index is -0.103. The third kappa shape index (κ3) is 4.27. The summed E-state index contributed by atoms with van der Waals surface area (Å²) in [6.45, 7) is 2.59. The van der Waals surface area contributed by atoms with Gasteiger partial charge in [0.05, 0.1) is 18.2 Å². The second kappa shape index (κ2) is 7.55. The van der Waals surface area contributed by atoms with Crippen molar-refractivity contribution in [1.82, 2.24) is 0 Å². The minimum Gasteiger partial charge on any atom is -0.490 e. The zero-order chi connectivity index (χ0) is 15.2. The van der Waals surface area contributed by atoms with E-state index in [0.29, 0.717) is 40.3 Å². The third-order valence-electron chi connectivity index (χ3n) is 2.82. The Bertz CT molecular complexity index is 614. The zero-order valence-corrected chi connectivity index (χ0v) is 13.1. The first-order valence-electron chi connectivity index (χ1n) is 6.57. The van der Waals surface area contributed by atoms with E-state index >= 15 is 0 Å². The number of hydrogen-bond donors (Lipinski definition) is 1. The molecule has 1 N–H and O–H groups in total. The first kappa shape index (κ1) is 16.0. The lowest BCUT2D eigenvalue weighted by molar-refractivity contribution is 0.264. The number of rotatable bonds is 6. The van der Waals surface area contributed by atoms with Gasteiger partial charge in [0.25, 0.3) is 0 Å². The van der Waals surface area contributed by atoms with E-state index in [1.54, 1.807) is 18.2 Å². The smallest absolute Gasteiger partial charge is 0.180 e. The highest BCUT2D eigenvalue weighted by Gasteiger charge is 2.12. The fraction of sp³-hybridized carbons (Fsp3) is 0.250. The first-order chi connectivity index (χ1) is 10.1. The minimum absolute atomic E-state index is 0.103. The lowest BCUT2D eigenvalue weighted by atomic mass is 10.2. The maximum atomic E-state index is 9.21. The van der Waals surface area contributed by atoms with E-state index in [9.17, 15) is 5.11 Å². The quantitative estimate of drug-likeness (QED) is 0.851. The van der Waals surface area contributed by atoms with Crippen LogP contribution < -0.4 is 9.47 Å². The maximum Gasteiger partial charge on any atom is 0.180 e. The van der Waals surface area contributed by atoms with Gasteiger partial charge in [0.15, 0.2) is 11.5 Å². The molecule has 0 aromatic heterocycles. The lowest BCUT2D eigenvalue weighted by Gasteiger charge is -2.15. The molecule has 3 nitrogen and oxygen atoms in total. The number of ether oxygens (including phenoxy) is 2. The number of aliphatic hydroxyl groups is 1. The van der Waals surface area contributed by atoms with Crippen molar-refractivity contribution in [3.63, 3.8) is 0 Å². The highest BCUT2D eigenvalue weighted by atomic mass is 35.5. The molecule has 5 heteroatoms. The molecule has 0 aliphatic rings. The van der Waals surface area contributed by atoms with Crippen LogP contribution in [0.1, 0.15) is 18.1 Å². The molecule has 2 aromatic carbocycles. The molecule has 0 bridgehead atoms. The highest BCUT2D eigenvalue weighted by Crippen LogP contribution is 2.37. The van der Waals surface area contributed by atoms with Crippen LogP contribution in [0.4, 0.5) is 0 Å². The largest absolute Gasteiger partial charge is 0.490 e. The Morgan fingerprint density at radius 1 is 1.05 bits per heavy atom. The van der Waals surface area contributed by atoms with Gasteiger partial charge in [-0.15, -0.1) is 0 Å². The average molecular weight is 327 g/mol. The summed E-state index contributed by atoms with van der Waals surface area (Å²) >= 11 is 12.1. The number of halogens is 2. The molecule has 0 radical (unpaired) electrons. The summed E-state index contributed by atoms with van der Waals surface area (Å²) in [6.07, 6.45) is 0. The second-order valence-electron chi connectivity index (χ2n) is 4.41. The number of aliphatic hydroxyl groups excluding tert-OH is 1. The molecule has 0 atom stereocenters. The van der Waals surface area contributed by atoms with Crippen LogP contribution >= 0.6 is 23.2 Å². The highest BCUT2D eigenvalue weighted by molar-refractivity contribution is 6.32. The lowest BCUT2D eigenvalue weighted by Crippen LogP contribution is -2.01. The summed E-state index contributed by atoms with van der Waals surface area (Å²) in [5.41, 5.74) is 1.62. The Balaban J connectivity index is 2.22. The van der Waals surface area contributed by atoms with Crippen LogP contribution in [0.5, 0.6) is 11.5 Å². The van der Waals surface area contributed by atoms with Crippen molar-refractivity contribution in [3.8, 4) is 11.5 Å². The molecule has 0 amide bonds. The molecule has 0 spiro atoms. The van der Waals surface area contributed by atoms with Crippen molar-refractivity contribution < 1.29 is 14.6 Å². The van der Waals surface area contributed by atoms with Crippen LogP contribution in [0, 0.1) is 0 Å². The Morgan fingerprint density at radius 2 is 1.86 bits per heavy atom. The topological polar surface area (TPSA) is 38.7 Å². The number of benzene rings is 2. The van der Waals surface area contributed by atoms with E-state index in [-0.39, 0.29) is 6.61 Å². The van der Waals surface area contributed by atoms with Gasteiger partial charge >= 0.3 is 0 Å². The van der Waals surface area contributed by atoms with Crippen molar-refractivity contribution in [2.24, 2.45) is 0 Å². The number of hydrogen-bond acceptors (Lipinski definition) is 3. The van der Waals surface area contributed by atoms with Gasteiger partial charge in [-0.25, -0.2) is 0 Å². The normalized spacial score (nSPS) is 10.5. The average Bonchev–Trinajstić information content (AvgIpc) is 2.46. The molecular formula is C16H16Cl2O3. The van der Waals surface area contributed by atoms with Crippen LogP contribution in [0.25, 0.3) is 0 Å². The van der Waals surface area contributed by atoms with E-state index < -0.39 is 0 Å². The van der Waals surface area contributed by atoms with Gasteiger partial charge in [0.1, 0.15) is 6.61 Å². The molecule has 2 rings (SSSR count). The molecule has 0 fully saturated rings.